The zero-order valence-electron chi connectivity index (χ0n) is 16.0. The van der Waals surface area contributed by atoms with E-state index in [-0.39, 0.29) is 5.82 Å². The number of halogens is 2. The molecular weight excluding hydrogens is 413 g/mol. The van der Waals surface area contributed by atoms with E-state index in [0.29, 0.717) is 16.3 Å². The van der Waals surface area contributed by atoms with Gasteiger partial charge in [0.25, 0.3) is 0 Å². The summed E-state index contributed by atoms with van der Waals surface area (Å²) in [6.07, 6.45) is 4.49. The lowest BCUT2D eigenvalue weighted by molar-refractivity contribution is 0.508. The van der Waals surface area contributed by atoms with E-state index < -0.39 is 0 Å². The Labute approximate surface area is 178 Å². The van der Waals surface area contributed by atoms with Crippen LogP contribution < -0.4 is 0 Å². The van der Waals surface area contributed by atoms with Gasteiger partial charge in [0.1, 0.15) is 5.82 Å². The summed E-state index contributed by atoms with van der Waals surface area (Å²) < 4.78 is 16.3. The van der Waals surface area contributed by atoms with Crippen LogP contribution in [0.15, 0.2) is 28.7 Å². The van der Waals surface area contributed by atoms with Gasteiger partial charge in [-0.1, -0.05) is 43.3 Å². The maximum absolute atomic E-state index is 14.1. The van der Waals surface area contributed by atoms with Gasteiger partial charge in [-0.15, -0.1) is 21.5 Å². The predicted molar refractivity (Wildman–Crippen MR) is 116 cm³/mol. The molecule has 148 valence electrons. The molecule has 4 rings (SSSR count). The highest BCUT2D eigenvalue weighted by Gasteiger charge is 2.24. The van der Waals surface area contributed by atoms with E-state index in [9.17, 15) is 4.39 Å². The lowest BCUT2D eigenvalue weighted by Crippen LogP contribution is -2.10. The number of thiophene rings is 1. The predicted octanol–water partition coefficient (Wildman–Crippen LogP) is 6.63. The van der Waals surface area contributed by atoms with Crippen LogP contribution in [-0.4, -0.2) is 14.8 Å². The molecule has 1 atom stereocenters. The van der Waals surface area contributed by atoms with Crippen LogP contribution in [0.1, 0.15) is 42.7 Å². The molecule has 3 nitrogen and oxygen atoms in total. The van der Waals surface area contributed by atoms with E-state index in [1.54, 1.807) is 12.1 Å². The number of nitrogens with zero attached hydrogens (tertiary/aromatic N) is 3. The Morgan fingerprint density at radius 3 is 3.00 bits per heavy atom. The Balaban J connectivity index is 1.63. The van der Waals surface area contributed by atoms with Gasteiger partial charge in [-0.05, 0) is 49.3 Å². The Hall–Kier alpha value is -1.37. The molecule has 3 aromatic rings. The lowest BCUT2D eigenvalue weighted by Gasteiger charge is -2.19. The second-order valence-corrected chi connectivity index (χ2v) is 9.66. The topological polar surface area (TPSA) is 30.7 Å². The Morgan fingerprint density at radius 2 is 2.21 bits per heavy atom. The van der Waals surface area contributed by atoms with Gasteiger partial charge in [0.2, 0.25) is 0 Å². The van der Waals surface area contributed by atoms with Crippen molar-refractivity contribution in [2.24, 2.45) is 5.92 Å². The summed E-state index contributed by atoms with van der Waals surface area (Å²) in [5, 5.41) is 12.5. The number of rotatable bonds is 6. The van der Waals surface area contributed by atoms with E-state index >= 15 is 0 Å². The minimum Gasteiger partial charge on any atom is -0.302 e. The van der Waals surface area contributed by atoms with Crippen LogP contribution in [0.2, 0.25) is 5.02 Å². The van der Waals surface area contributed by atoms with Crippen LogP contribution >= 0.6 is 34.7 Å². The first kappa shape index (κ1) is 19.9. The molecular formula is C21H23ClFN3S2. The second-order valence-electron chi connectivity index (χ2n) is 7.35. The van der Waals surface area contributed by atoms with Crippen LogP contribution in [0.5, 0.6) is 0 Å². The smallest absolute Gasteiger partial charge is 0.191 e. The van der Waals surface area contributed by atoms with Crippen molar-refractivity contribution in [3.63, 3.8) is 0 Å². The summed E-state index contributed by atoms with van der Waals surface area (Å²) in [5.74, 6) is 1.86. The molecule has 2 heterocycles. The number of hydrogen-bond acceptors (Lipinski definition) is 4. The van der Waals surface area contributed by atoms with Gasteiger partial charge < -0.3 is 4.57 Å². The molecule has 1 aliphatic carbocycles. The molecule has 1 aromatic carbocycles. The van der Waals surface area contributed by atoms with Crippen molar-refractivity contribution in [1.82, 2.24) is 14.8 Å². The number of aromatic nitrogens is 3. The van der Waals surface area contributed by atoms with Crippen molar-refractivity contribution >= 4 is 34.7 Å². The highest BCUT2D eigenvalue weighted by molar-refractivity contribution is 7.98. The minimum atomic E-state index is -0.275. The molecule has 1 aliphatic rings. The number of fused-ring (bicyclic) bond motifs is 1. The summed E-state index contributed by atoms with van der Waals surface area (Å²) >= 11 is 9.52. The normalized spacial score (nSPS) is 16.4. The van der Waals surface area contributed by atoms with Crippen LogP contribution in [0, 0.1) is 11.7 Å². The molecule has 0 spiro atoms. The molecule has 28 heavy (non-hydrogen) atoms. The summed E-state index contributed by atoms with van der Waals surface area (Å²) in [5.41, 5.74) is 3.19. The average molecular weight is 436 g/mol. The first-order chi connectivity index (χ1) is 13.6. The molecule has 0 amide bonds. The molecule has 1 unspecified atom stereocenters. The fourth-order valence-corrected chi connectivity index (χ4v) is 6.24. The monoisotopic (exact) mass is 435 g/mol. The van der Waals surface area contributed by atoms with Crippen molar-refractivity contribution in [3.8, 4) is 11.4 Å². The van der Waals surface area contributed by atoms with Crippen LogP contribution in [0.4, 0.5) is 4.39 Å². The third-order valence-electron chi connectivity index (χ3n) is 5.21. The van der Waals surface area contributed by atoms with Crippen molar-refractivity contribution in [1.29, 1.82) is 0 Å². The number of hydrogen-bond donors (Lipinski definition) is 0. The van der Waals surface area contributed by atoms with E-state index in [2.05, 4.69) is 34.0 Å². The second kappa shape index (κ2) is 8.56. The van der Waals surface area contributed by atoms with Gasteiger partial charge in [0.05, 0.1) is 0 Å². The Morgan fingerprint density at radius 1 is 1.36 bits per heavy atom. The van der Waals surface area contributed by atoms with Crippen molar-refractivity contribution in [3.05, 3.63) is 50.4 Å². The molecule has 0 saturated heterocycles. The van der Waals surface area contributed by atoms with Crippen LogP contribution in [0.25, 0.3) is 11.4 Å². The average Bonchev–Trinajstić information content (AvgIpc) is 3.25. The van der Waals surface area contributed by atoms with Crippen LogP contribution in [0.3, 0.4) is 0 Å². The minimum absolute atomic E-state index is 0.275. The van der Waals surface area contributed by atoms with Gasteiger partial charge in [0, 0.05) is 38.7 Å². The van der Waals surface area contributed by atoms with Crippen molar-refractivity contribution in [2.75, 3.05) is 0 Å². The Bertz CT molecular complexity index is 962. The standard InChI is InChI=1S/C21H23ClFN3S2/c1-3-9-26-20(15-11-27-19-10-13(2)7-8-14(15)19)24-25-21(26)28-12-16-17(22)5-4-6-18(16)23/h4-6,11,13H,3,7-10,12H2,1-2H3. The molecule has 0 fully saturated rings. The van der Waals surface area contributed by atoms with E-state index in [1.165, 1.54) is 40.3 Å². The fourth-order valence-electron chi connectivity index (χ4n) is 3.69. The molecule has 7 heteroatoms. The largest absolute Gasteiger partial charge is 0.302 e. The maximum atomic E-state index is 14.1. The molecule has 0 radical (unpaired) electrons. The summed E-state index contributed by atoms with van der Waals surface area (Å²) in [7, 11) is 0. The molecule has 0 N–H and O–H groups in total. The van der Waals surface area contributed by atoms with Gasteiger partial charge in [-0.3, -0.25) is 0 Å². The molecule has 0 bridgehead atoms. The zero-order chi connectivity index (χ0) is 19.7. The first-order valence-corrected chi connectivity index (χ1v) is 11.9. The Kier molecular flexibility index (Phi) is 6.09. The van der Waals surface area contributed by atoms with Gasteiger partial charge in [-0.25, -0.2) is 4.39 Å². The highest BCUT2D eigenvalue weighted by Crippen LogP contribution is 2.39. The highest BCUT2D eigenvalue weighted by atomic mass is 35.5. The fraction of sp³-hybridized carbons (Fsp3) is 0.429. The SMILES string of the molecule is CCCn1c(SCc2c(F)cccc2Cl)nnc1-c1csc2c1CCC(C)C2. The summed E-state index contributed by atoms with van der Waals surface area (Å²) in [4.78, 5) is 1.49. The molecule has 0 aliphatic heterocycles. The molecule has 0 saturated carbocycles. The van der Waals surface area contributed by atoms with E-state index in [1.807, 2.05) is 11.3 Å². The van der Waals surface area contributed by atoms with Gasteiger partial charge in [-0.2, -0.15) is 0 Å². The third-order valence-corrected chi connectivity index (χ3v) is 7.61. The zero-order valence-corrected chi connectivity index (χ0v) is 18.4. The summed E-state index contributed by atoms with van der Waals surface area (Å²) in [6.45, 7) is 5.32. The molecule has 2 aromatic heterocycles. The lowest BCUT2D eigenvalue weighted by atomic mass is 9.88. The van der Waals surface area contributed by atoms with E-state index in [4.69, 9.17) is 11.6 Å². The third kappa shape index (κ3) is 3.87. The number of thioether (sulfide) groups is 1. The van der Waals surface area contributed by atoms with Gasteiger partial charge in [0.15, 0.2) is 11.0 Å². The van der Waals surface area contributed by atoms with Crippen molar-refractivity contribution in [2.45, 2.75) is 57.0 Å². The summed E-state index contributed by atoms with van der Waals surface area (Å²) in [6, 6.07) is 4.80. The van der Waals surface area contributed by atoms with E-state index in [0.717, 1.165) is 42.7 Å². The van der Waals surface area contributed by atoms with Crippen molar-refractivity contribution < 1.29 is 4.39 Å². The van der Waals surface area contributed by atoms with Crippen LogP contribution in [-0.2, 0) is 25.1 Å². The first-order valence-electron chi connectivity index (χ1n) is 9.67. The maximum Gasteiger partial charge on any atom is 0.191 e. The van der Waals surface area contributed by atoms with Gasteiger partial charge >= 0.3 is 0 Å². The number of benzene rings is 1. The quantitative estimate of drug-likeness (QED) is 0.407.